The molecule has 0 aliphatic heterocycles. The Morgan fingerprint density at radius 1 is 1.00 bits per heavy atom. The molecular weight excluding hydrogens is 366 g/mol. The Bertz CT molecular complexity index is 1000. The van der Waals surface area contributed by atoms with Crippen LogP contribution in [0.25, 0.3) is 0 Å². The Hall–Kier alpha value is -3.54. The third-order valence-electron chi connectivity index (χ3n) is 4.57. The molecule has 0 saturated carbocycles. The van der Waals surface area contributed by atoms with Crippen molar-refractivity contribution in [2.75, 3.05) is 31.0 Å². The highest BCUT2D eigenvalue weighted by molar-refractivity contribution is 6.04. The molecule has 0 radical (unpaired) electrons. The Morgan fingerprint density at radius 2 is 1.79 bits per heavy atom. The molecule has 1 N–H and O–H groups in total. The molecule has 1 amide bonds. The number of carbonyl (C=O) groups excluding carboxylic acids is 1. The monoisotopic (exact) mass is 391 g/mol. The molecule has 0 fully saturated rings. The van der Waals surface area contributed by atoms with Crippen LogP contribution in [-0.2, 0) is 0 Å². The summed E-state index contributed by atoms with van der Waals surface area (Å²) in [7, 11) is 3.13. The van der Waals surface area contributed by atoms with Crippen LogP contribution in [0, 0.1) is 6.92 Å². The van der Waals surface area contributed by atoms with Crippen molar-refractivity contribution in [2.24, 2.45) is 0 Å². The average molecular weight is 391 g/mol. The van der Waals surface area contributed by atoms with Gasteiger partial charge in [0, 0.05) is 30.2 Å². The maximum atomic E-state index is 12.8. The van der Waals surface area contributed by atoms with E-state index in [1.165, 1.54) is 5.56 Å². The van der Waals surface area contributed by atoms with Gasteiger partial charge in [-0.25, -0.2) is 0 Å². The molecule has 0 aliphatic rings. The Labute approximate surface area is 171 Å². The lowest BCUT2D eigenvalue weighted by atomic mass is 10.1. The molecule has 3 aromatic rings. The summed E-state index contributed by atoms with van der Waals surface area (Å²) in [6.07, 6.45) is 3.32. The number of nitrogens with one attached hydrogen (secondary N) is 1. The minimum Gasteiger partial charge on any atom is -0.493 e. The molecule has 0 aliphatic carbocycles. The van der Waals surface area contributed by atoms with Gasteiger partial charge in [0.25, 0.3) is 5.91 Å². The molecule has 0 saturated heterocycles. The highest BCUT2D eigenvalue weighted by Gasteiger charge is 2.13. The molecule has 1 heterocycles. The topological polar surface area (TPSA) is 63.7 Å². The van der Waals surface area contributed by atoms with Gasteiger partial charge in [0.1, 0.15) is 0 Å². The van der Waals surface area contributed by atoms with E-state index in [0.717, 1.165) is 17.9 Å². The van der Waals surface area contributed by atoms with Crippen LogP contribution < -0.4 is 19.7 Å². The van der Waals surface area contributed by atoms with Crippen molar-refractivity contribution < 1.29 is 14.3 Å². The highest BCUT2D eigenvalue weighted by atomic mass is 16.5. The number of hydrogen-bond donors (Lipinski definition) is 1. The molecule has 6 heteroatoms. The lowest BCUT2D eigenvalue weighted by Crippen LogP contribution is -2.18. The molecule has 1 aromatic heterocycles. The van der Waals surface area contributed by atoms with Crippen molar-refractivity contribution >= 4 is 23.0 Å². The maximum Gasteiger partial charge on any atom is 0.257 e. The summed E-state index contributed by atoms with van der Waals surface area (Å²) in [6.45, 7) is 4.88. The van der Waals surface area contributed by atoms with Crippen LogP contribution in [0.3, 0.4) is 0 Å². The van der Waals surface area contributed by atoms with Crippen LogP contribution >= 0.6 is 0 Å². The molecule has 3 rings (SSSR count). The van der Waals surface area contributed by atoms with Gasteiger partial charge >= 0.3 is 0 Å². The van der Waals surface area contributed by atoms with Gasteiger partial charge in [-0.15, -0.1) is 0 Å². The van der Waals surface area contributed by atoms with E-state index in [9.17, 15) is 4.79 Å². The summed E-state index contributed by atoms with van der Waals surface area (Å²) in [4.78, 5) is 19.2. The van der Waals surface area contributed by atoms with Crippen LogP contribution in [0.4, 0.5) is 17.1 Å². The number of amides is 1. The Balaban J connectivity index is 1.84. The van der Waals surface area contributed by atoms with Crippen molar-refractivity contribution in [2.45, 2.75) is 13.8 Å². The summed E-state index contributed by atoms with van der Waals surface area (Å²) in [5.74, 6) is 0.909. The number of pyridine rings is 1. The first-order valence-corrected chi connectivity index (χ1v) is 9.38. The Kier molecular flexibility index (Phi) is 6.34. The molecule has 0 spiro atoms. The number of hydrogen-bond acceptors (Lipinski definition) is 5. The minimum atomic E-state index is -0.244. The fourth-order valence-corrected chi connectivity index (χ4v) is 3.13. The van der Waals surface area contributed by atoms with E-state index in [2.05, 4.69) is 41.2 Å². The van der Waals surface area contributed by atoms with Gasteiger partial charge in [0.15, 0.2) is 11.5 Å². The minimum absolute atomic E-state index is 0.244. The first-order valence-electron chi connectivity index (χ1n) is 9.38. The van der Waals surface area contributed by atoms with Crippen molar-refractivity contribution in [1.82, 2.24) is 4.98 Å². The SMILES string of the molecule is CCN(c1cccc(C)c1)c1cncc(C(=O)Nc2ccc(OC)c(OC)c2)c1. The number of nitrogens with zero attached hydrogens (tertiary/aromatic N) is 2. The van der Waals surface area contributed by atoms with Crippen molar-refractivity contribution in [3.05, 3.63) is 72.1 Å². The second kappa shape index (κ2) is 9.10. The van der Waals surface area contributed by atoms with E-state index >= 15 is 0 Å². The summed E-state index contributed by atoms with van der Waals surface area (Å²) in [5, 5.41) is 2.88. The quantitative estimate of drug-likeness (QED) is 0.626. The van der Waals surface area contributed by atoms with Gasteiger partial charge in [0.2, 0.25) is 0 Å². The third-order valence-corrected chi connectivity index (χ3v) is 4.57. The summed E-state index contributed by atoms with van der Waals surface area (Å²) < 4.78 is 10.5. The standard InChI is InChI=1S/C23H25N3O3/c1-5-26(19-8-6-7-16(2)11-19)20-12-17(14-24-15-20)23(27)25-18-9-10-21(28-3)22(13-18)29-4/h6-15H,5H2,1-4H3,(H,25,27). The lowest BCUT2D eigenvalue weighted by molar-refractivity contribution is 0.102. The normalized spacial score (nSPS) is 10.3. The van der Waals surface area contributed by atoms with Crippen LogP contribution in [0.15, 0.2) is 60.9 Å². The van der Waals surface area contributed by atoms with Crippen molar-refractivity contribution in [3.8, 4) is 11.5 Å². The Morgan fingerprint density at radius 3 is 2.48 bits per heavy atom. The van der Waals surface area contributed by atoms with Gasteiger partial charge < -0.3 is 19.7 Å². The predicted octanol–water partition coefficient (Wildman–Crippen LogP) is 4.82. The van der Waals surface area contributed by atoms with Gasteiger partial charge in [0.05, 0.1) is 31.7 Å². The third kappa shape index (κ3) is 4.66. The second-order valence-electron chi connectivity index (χ2n) is 6.54. The van der Waals surface area contributed by atoms with E-state index in [0.29, 0.717) is 22.7 Å². The molecule has 0 atom stereocenters. The number of ether oxygens (including phenoxy) is 2. The number of carbonyl (C=O) groups is 1. The lowest BCUT2D eigenvalue weighted by Gasteiger charge is -2.23. The zero-order valence-electron chi connectivity index (χ0n) is 17.1. The predicted molar refractivity (Wildman–Crippen MR) is 116 cm³/mol. The van der Waals surface area contributed by atoms with Crippen LogP contribution in [-0.4, -0.2) is 31.7 Å². The van der Waals surface area contributed by atoms with Gasteiger partial charge in [-0.2, -0.15) is 0 Å². The van der Waals surface area contributed by atoms with Crippen LogP contribution in [0.1, 0.15) is 22.8 Å². The fourth-order valence-electron chi connectivity index (χ4n) is 3.13. The summed E-state index contributed by atoms with van der Waals surface area (Å²) in [6, 6.07) is 15.3. The molecule has 6 nitrogen and oxygen atoms in total. The first kappa shape index (κ1) is 20.2. The van der Waals surface area contributed by atoms with Crippen LogP contribution in [0.5, 0.6) is 11.5 Å². The van der Waals surface area contributed by atoms with Crippen molar-refractivity contribution in [3.63, 3.8) is 0 Å². The number of anilines is 3. The molecule has 150 valence electrons. The van der Waals surface area contributed by atoms with Crippen LogP contribution in [0.2, 0.25) is 0 Å². The second-order valence-corrected chi connectivity index (χ2v) is 6.54. The number of methoxy groups -OCH3 is 2. The molecule has 0 bridgehead atoms. The summed E-state index contributed by atoms with van der Waals surface area (Å²) in [5.41, 5.74) is 4.19. The number of aryl methyl sites for hydroxylation is 1. The van der Waals surface area contributed by atoms with Gasteiger partial charge in [-0.1, -0.05) is 12.1 Å². The smallest absolute Gasteiger partial charge is 0.257 e. The molecule has 0 unspecified atom stereocenters. The highest BCUT2D eigenvalue weighted by Crippen LogP contribution is 2.30. The fraction of sp³-hybridized carbons (Fsp3) is 0.217. The maximum absolute atomic E-state index is 12.8. The molecule has 2 aromatic carbocycles. The zero-order valence-corrected chi connectivity index (χ0v) is 17.1. The largest absolute Gasteiger partial charge is 0.493 e. The molecule has 29 heavy (non-hydrogen) atoms. The van der Waals surface area contributed by atoms with Crippen molar-refractivity contribution in [1.29, 1.82) is 0 Å². The molecular formula is C23H25N3O3. The average Bonchev–Trinajstić information content (AvgIpc) is 2.74. The number of benzene rings is 2. The van der Waals surface area contributed by atoms with E-state index in [-0.39, 0.29) is 5.91 Å². The first-order chi connectivity index (χ1) is 14.0. The summed E-state index contributed by atoms with van der Waals surface area (Å²) >= 11 is 0. The number of rotatable bonds is 7. The van der Waals surface area contributed by atoms with E-state index in [1.807, 2.05) is 18.2 Å². The van der Waals surface area contributed by atoms with E-state index in [1.54, 1.807) is 44.8 Å². The van der Waals surface area contributed by atoms with E-state index in [4.69, 9.17) is 9.47 Å². The zero-order chi connectivity index (χ0) is 20.8. The van der Waals surface area contributed by atoms with Gasteiger partial charge in [-0.05, 0) is 49.7 Å². The van der Waals surface area contributed by atoms with E-state index < -0.39 is 0 Å². The van der Waals surface area contributed by atoms with Gasteiger partial charge in [-0.3, -0.25) is 9.78 Å². The number of aromatic nitrogens is 1.